The average Bonchev–Trinajstić information content (AvgIpc) is 2.15. The highest BCUT2D eigenvalue weighted by molar-refractivity contribution is 7.99. The van der Waals surface area contributed by atoms with E-state index in [9.17, 15) is 4.79 Å². The van der Waals surface area contributed by atoms with Gasteiger partial charge in [0, 0.05) is 12.4 Å². The summed E-state index contributed by atoms with van der Waals surface area (Å²) in [7, 11) is 0. The van der Waals surface area contributed by atoms with Gasteiger partial charge in [-0.2, -0.15) is 0 Å². The largest absolute Gasteiger partial charge is 0.364 e. The number of nitrogens with two attached hydrogens (primary N) is 1. The molecule has 0 aliphatic carbocycles. The van der Waals surface area contributed by atoms with Gasteiger partial charge in [-0.3, -0.25) is 4.79 Å². The van der Waals surface area contributed by atoms with Crippen molar-refractivity contribution in [1.29, 1.82) is 0 Å². The Labute approximate surface area is 81.0 Å². The summed E-state index contributed by atoms with van der Waals surface area (Å²) >= 11 is 1.50. The standard InChI is InChI=1S/C8H11N3OS/c1-2-5-13-8-6(7(9)12)10-3-4-11-8/h3-4H,2,5H2,1H3,(H2,9,12). The lowest BCUT2D eigenvalue weighted by Crippen LogP contribution is -2.15. The van der Waals surface area contributed by atoms with Crippen LogP contribution in [0.1, 0.15) is 23.8 Å². The number of thioether (sulfide) groups is 1. The van der Waals surface area contributed by atoms with Gasteiger partial charge in [0.05, 0.1) is 0 Å². The van der Waals surface area contributed by atoms with Gasteiger partial charge in [-0.15, -0.1) is 11.8 Å². The van der Waals surface area contributed by atoms with Gasteiger partial charge in [-0.25, -0.2) is 9.97 Å². The second-order valence-electron chi connectivity index (χ2n) is 2.42. The highest BCUT2D eigenvalue weighted by Gasteiger charge is 2.09. The van der Waals surface area contributed by atoms with Gasteiger partial charge in [-0.05, 0) is 12.2 Å². The van der Waals surface area contributed by atoms with E-state index in [0.29, 0.717) is 5.03 Å². The van der Waals surface area contributed by atoms with Crippen LogP contribution in [0.3, 0.4) is 0 Å². The van der Waals surface area contributed by atoms with Crippen LogP contribution >= 0.6 is 11.8 Å². The van der Waals surface area contributed by atoms with Gasteiger partial charge in [0.25, 0.3) is 5.91 Å². The molecule has 0 saturated heterocycles. The van der Waals surface area contributed by atoms with Crippen LogP contribution in [-0.2, 0) is 0 Å². The van der Waals surface area contributed by atoms with Crippen molar-refractivity contribution in [3.05, 3.63) is 18.1 Å². The lowest BCUT2D eigenvalue weighted by molar-refractivity contribution is 0.0991. The molecule has 1 amide bonds. The van der Waals surface area contributed by atoms with Crippen LogP contribution in [0.2, 0.25) is 0 Å². The van der Waals surface area contributed by atoms with E-state index in [-0.39, 0.29) is 5.69 Å². The molecule has 5 heteroatoms. The molecule has 0 bridgehead atoms. The number of hydrogen-bond acceptors (Lipinski definition) is 4. The van der Waals surface area contributed by atoms with Gasteiger partial charge in [0.1, 0.15) is 5.03 Å². The topological polar surface area (TPSA) is 68.9 Å². The first-order valence-corrected chi connectivity index (χ1v) is 4.98. The first-order valence-electron chi connectivity index (χ1n) is 3.99. The van der Waals surface area contributed by atoms with E-state index in [1.165, 1.54) is 18.0 Å². The summed E-state index contributed by atoms with van der Waals surface area (Å²) in [5.41, 5.74) is 5.40. The Hall–Kier alpha value is -1.10. The number of primary amides is 1. The lowest BCUT2D eigenvalue weighted by atomic mass is 10.4. The molecule has 0 aliphatic rings. The molecule has 70 valence electrons. The molecule has 0 unspecified atom stereocenters. The third-order valence-corrected chi connectivity index (χ3v) is 2.53. The van der Waals surface area contributed by atoms with Crippen molar-refractivity contribution in [1.82, 2.24) is 9.97 Å². The molecule has 0 aromatic carbocycles. The predicted octanol–water partition coefficient (Wildman–Crippen LogP) is 1.08. The van der Waals surface area contributed by atoms with Crippen LogP contribution in [0.25, 0.3) is 0 Å². The molecule has 1 rings (SSSR count). The Balaban J connectivity index is 2.84. The molecule has 1 aromatic heterocycles. The maximum atomic E-state index is 10.9. The zero-order valence-electron chi connectivity index (χ0n) is 7.36. The van der Waals surface area contributed by atoms with Crippen LogP contribution in [0.5, 0.6) is 0 Å². The number of rotatable bonds is 4. The fourth-order valence-electron chi connectivity index (χ4n) is 0.799. The second kappa shape index (κ2) is 4.81. The Kier molecular flexibility index (Phi) is 3.70. The third kappa shape index (κ3) is 2.69. The van der Waals surface area contributed by atoms with E-state index in [4.69, 9.17) is 5.73 Å². The quantitative estimate of drug-likeness (QED) is 0.733. The molecule has 0 spiro atoms. The highest BCUT2D eigenvalue weighted by atomic mass is 32.2. The predicted molar refractivity (Wildman–Crippen MR) is 51.6 cm³/mol. The molecule has 2 N–H and O–H groups in total. The molecule has 13 heavy (non-hydrogen) atoms. The fourth-order valence-corrected chi connectivity index (χ4v) is 1.62. The van der Waals surface area contributed by atoms with Crippen LogP contribution in [-0.4, -0.2) is 21.6 Å². The van der Waals surface area contributed by atoms with Crippen molar-refractivity contribution >= 4 is 17.7 Å². The summed E-state index contributed by atoms with van der Waals surface area (Å²) in [6, 6.07) is 0. The fraction of sp³-hybridized carbons (Fsp3) is 0.375. The average molecular weight is 197 g/mol. The Morgan fingerprint density at radius 2 is 2.23 bits per heavy atom. The maximum absolute atomic E-state index is 10.9. The molecule has 0 fully saturated rings. The van der Waals surface area contributed by atoms with Crippen molar-refractivity contribution < 1.29 is 4.79 Å². The Morgan fingerprint density at radius 1 is 1.54 bits per heavy atom. The summed E-state index contributed by atoms with van der Waals surface area (Å²) in [5.74, 6) is 0.394. The summed E-state index contributed by atoms with van der Waals surface area (Å²) in [6.45, 7) is 2.06. The van der Waals surface area contributed by atoms with Gasteiger partial charge in [-0.1, -0.05) is 6.92 Å². The number of amides is 1. The van der Waals surface area contributed by atoms with Crippen molar-refractivity contribution in [2.75, 3.05) is 5.75 Å². The molecule has 0 atom stereocenters. The second-order valence-corrected chi connectivity index (χ2v) is 3.51. The number of carbonyl (C=O) groups excluding carboxylic acids is 1. The first kappa shape index (κ1) is 9.98. The smallest absolute Gasteiger partial charge is 0.270 e. The molecule has 1 aromatic rings. The zero-order valence-corrected chi connectivity index (χ0v) is 8.17. The minimum atomic E-state index is -0.522. The van der Waals surface area contributed by atoms with E-state index in [2.05, 4.69) is 16.9 Å². The summed E-state index contributed by atoms with van der Waals surface area (Å²) < 4.78 is 0. The van der Waals surface area contributed by atoms with E-state index < -0.39 is 5.91 Å². The number of hydrogen-bond donors (Lipinski definition) is 1. The molecule has 1 heterocycles. The van der Waals surface area contributed by atoms with Crippen molar-refractivity contribution in [2.45, 2.75) is 18.4 Å². The minimum Gasteiger partial charge on any atom is -0.364 e. The first-order chi connectivity index (χ1) is 6.25. The molecule has 4 nitrogen and oxygen atoms in total. The van der Waals surface area contributed by atoms with Crippen LogP contribution in [0.4, 0.5) is 0 Å². The molecular weight excluding hydrogens is 186 g/mol. The monoisotopic (exact) mass is 197 g/mol. The van der Waals surface area contributed by atoms with E-state index in [1.54, 1.807) is 6.20 Å². The lowest BCUT2D eigenvalue weighted by Gasteiger charge is -2.01. The molecular formula is C8H11N3OS. The summed E-state index contributed by atoms with van der Waals surface area (Å²) in [6.07, 6.45) is 4.06. The minimum absolute atomic E-state index is 0.265. The van der Waals surface area contributed by atoms with E-state index in [0.717, 1.165) is 12.2 Å². The van der Waals surface area contributed by atoms with Gasteiger partial charge < -0.3 is 5.73 Å². The third-order valence-electron chi connectivity index (χ3n) is 1.34. The number of aromatic nitrogens is 2. The SMILES string of the molecule is CCCSc1nccnc1C(N)=O. The normalized spacial score (nSPS) is 9.92. The van der Waals surface area contributed by atoms with Crippen LogP contribution in [0, 0.1) is 0 Å². The molecule has 0 saturated carbocycles. The summed E-state index contributed by atoms with van der Waals surface area (Å²) in [5, 5.41) is 0.622. The highest BCUT2D eigenvalue weighted by Crippen LogP contribution is 2.18. The zero-order chi connectivity index (χ0) is 9.68. The van der Waals surface area contributed by atoms with Crippen molar-refractivity contribution in [3.63, 3.8) is 0 Å². The summed E-state index contributed by atoms with van der Waals surface area (Å²) in [4.78, 5) is 18.8. The maximum Gasteiger partial charge on any atom is 0.270 e. The molecule has 0 radical (unpaired) electrons. The van der Waals surface area contributed by atoms with Crippen LogP contribution < -0.4 is 5.73 Å². The van der Waals surface area contributed by atoms with Crippen molar-refractivity contribution in [3.8, 4) is 0 Å². The van der Waals surface area contributed by atoms with E-state index >= 15 is 0 Å². The Bertz CT molecular complexity index is 303. The van der Waals surface area contributed by atoms with Crippen LogP contribution in [0.15, 0.2) is 17.4 Å². The van der Waals surface area contributed by atoms with Crippen molar-refractivity contribution in [2.24, 2.45) is 5.73 Å². The van der Waals surface area contributed by atoms with E-state index in [1.807, 2.05) is 0 Å². The van der Waals surface area contributed by atoms with Gasteiger partial charge in [0.2, 0.25) is 0 Å². The molecule has 0 aliphatic heterocycles. The van der Waals surface area contributed by atoms with Gasteiger partial charge >= 0.3 is 0 Å². The van der Waals surface area contributed by atoms with Gasteiger partial charge in [0.15, 0.2) is 5.69 Å². The number of carbonyl (C=O) groups is 1. The number of nitrogens with zero attached hydrogens (tertiary/aromatic N) is 2. The Morgan fingerprint density at radius 3 is 2.85 bits per heavy atom.